The Morgan fingerprint density at radius 2 is 2.23 bits per heavy atom. The molecule has 3 heteroatoms. The minimum absolute atomic E-state index is 0.0892. The molecule has 0 heterocycles. The summed E-state index contributed by atoms with van der Waals surface area (Å²) in [5.41, 5.74) is 0.225. The summed E-state index contributed by atoms with van der Waals surface area (Å²) in [6.45, 7) is 0. The molecule has 1 rings (SSSR count). The fourth-order valence-corrected chi connectivity index (χ4v) is 0.944. The highest BCUT2D eigenvalue weighted by atomic mass is 35.5. The third-order valence-electron chi connectivity index (χ3n) is 1.32. The van der Waals surface area contributed by atoms with Gasteiger partial charge >= 0.3 is 0 Å². The highest BCUT2D eigenvalue weighted by Crippen LogP contribution is 2.13. The van der Waals surface area contributed by atoms with E-state index in [4.69, 9.17) is 16.9 Å². The molecule has 0 saturated carbocycles. The summed E-state index contributed by atoms with van der Waals surface area (Å²) >= 11 is 5.63. The van der Waals surface area contributed by atoms with Crippen LogP contribution in [0.3, 0.4) is 0 Å². The van der Waals surface area contributed by atoms with Crippen LogP contribution in [0.15, 0.2) is 18.2 Å². The lowest BCUT2D eigenvalue weighted by atomic mass is 10.2. The largest absolute Gasteiger partial charge is 0.206 e. The van der Waals surface area contributed by atoms with Crippen molar-refractivity contribution >= 4 is 11.6 Å². The van der Waals surface area contributed by atoms with Gasteiger partial charge in [-0.15, -0.1) is 0 Å². The van der Waals surface area contributed by atoms with Crippen LogP contribution in [0.2, 0.25) is 5.02 Å². The van der Waals surface area contributed by atoms with Crippen molar-refractivity contribution < 1.29 is 4.39 Å². The predicted molar refractivity (Wildman–Crippen MR) is 48.5 cm³/mol. The quantitative estimate of drug-likeness (QED) is 0.582. The van der Waals surface area contributed by atoms with Crippen molar-refractivity contribution in [3.05, 3.63) is 34.6 Å². The van der Waals surface area contributed by atoms with Gasteiger partial charge in [-0.3, -0.25) is 0 Å². The van der Waals surface area contributed by atoms with Gasteiger partial charge in [0.1, 0.15) is 5.82 Å². The molecule has 0 aliphatic rings. The molecule has 1 aromatic carbocycles. The van der Waals surface area contributed by atoms with Gasteiger partial charge in [-0.25, -0.2) is 4.39 Å². The van der Waals surface area contributed by atoms with Crippen molar-refractivity contribution in [3.8, 4) is 17.9 Å². The van der Waals surface area contributed by atoms with Crippen molar-refractivity contribution in [1.82, 2.24) is 0 Å². The van der Waals surface area contributed by atoms with E-state index in [1.54, 1.807) is 0 Å². The summed E-state index contributed by atoms with van der Waals surface area (Å²) in [6, 6.07) is 5.97. The lowest BCUT2D eigenvalue weighted by molar-refractivity contribution is 0.624. The predicted octanol–water partition coefficient (Wildman–Crippen LogP) is 2.74. The smallest absolute Gasteiger partial charge is 0.138 e. The van der Waals surface area contributed by atoms with Gasteiger partial charge in [0.2, 0.25) is 0 Å². The Morgan fingerprint density at radius 3 is 2.92 bits per heavy atom. The van der Waals surface area contributed by atoms with Crippen LogP contribution in [0.4, 0.5) is 4.39 Å². The molecule has 0 saturated heterocycles. The lowest BCUT2D eigenvalue weighted by Gasteiger charge is -1.93. The maximum absolute atomic E-state index is 13.0. The highest BCUT2D eigenvalue weighted by Gasteiger charge is 1.98. The average molecular weight is 194 g/mol. The van der Waals surface area contributed by atoms with E-state index < -0.39 is 5.82 Å². The van der Waals surface area contributed by atoms with Crippen LogP contribution < -0.4 is 0 Å². The van der Waals surface area contributed by atoms with E-state index in [0.29, 0.717) is 5.02 Å². The zero-order chi connectivity index (χ0) is 9.68. The van der Waals surface area contributed by atoms with E-state index in [-0.39, 0.29) is 12.0 Å². The van der Waals surface area contributed by atoms with E-state index in [1.807, 2.05) is 6.07 Å². The van der Waals surface area contributed by atoms with E-state index in [9.17, 15) is 4.39 Å². The first-order chi connectivity index (χ1) is 6.24. The van der Waals surface area contributed by atoms with Crippen LogP contribution in [0, 0.1) is 29.0 Å². The third kappa shape index (κ3) is 2.78. The zero-order valence-electron chi connectivity index (χ0n) is 6.64. The standard InChI is InChI=1S/C10H5ClFN/c11-9-4-5-10(12)8(7-9)3-1-2-6-13/h4-5,7H,2H2. The third-order valence-corrected chi connectivity index (χ3v) is 1.55. The minimum Gasteiger partial charge on any atom is -0.206 e. The lowest BCUT2D eigenvalue weighted by Crippen LogP contribution is -1.82. The summed E-state index contributed by atoms with van der Waals surface area (Å²) in [5, 5.41) is 8.63. The number of nitriles is 1. The monoisotopic (exact) mass is 193 g/mol. The van der Waals surface area contributed by atoms with Crippen LogP contribution >= 0.6 is 11.6 Å². The molecule has 13 heavy (non-hydrogen) atoms. The topological polar surface area (TPSA) is 23.8 Å². The second-order valence-electron chi connectivity index (χ2n) is 2.26. The molecule has 0 N–H and O–H groups in total. The average Bonchev–Trinajstić information content (AvgIpc) is 2.11. The molecule has 0 bridgehead atoms. The Labute approximate surface area is 80.8 Å². The Hall–Kier alpha value is -1.51. The van der Waals surface area contributed by atoms with Gasteiger partial charge in [-0.1, -0.05) is 23.4 Å². The first-order valence-electron chi connectivity index (χ1n) is 3.55. The molecular weight excluding hydrogens is 189 g/mol. The molecule has 0 aliphatic carbocycles. The van der Waals surface area contributed by atoms with Crippen LogP contribution in [-0.4, -0.2) is 0 Å². The zero-order valence-corrected chi connectivity index (χ0v) is 7.40. The van der Waals surface area contributed by atoms with Crippen molar-refractivity contribution in [2.45, 2.75) is 6.42 Å². The van der Waals surface area contributed by atoms with Gasteiger partial charge in [-0.2, -0.15) is 5.26 Å². The fraction of sp³-hybridized carbons (Fsp3) is 0.100. The molecule has 0 unspecified atom stereocenters. The first-order valence-corrected chi connectivity index (χ1v) is 3.92. The van der Waals surface area contributed by atoms with Gasteiger partial charge in [0.25, 0.3) is 0 Å². The van der Waals surface area contributed by atoms with Gasteiger partial charge in [0.05, 0.1) is 18.1 Å². The Balaban J connectivity index is 2.97. The minimum atomic E-state index is -0.421. The summed E-state index contributed by atoms with van der Waals surface area (Å²) in [5.74, 6) is 4.61. The molecule has 0 fully saturated rings. The normalized spacial score (nSPS) is 8.38. The van der Waals surface area contributed by atoms with E-state index in [0.717, 1.165) is 0 Å². The van der Waals surface area contributed by atoms with E-state index in [2.05, 4.69) is 11.8 Å². The van der Waals surface area contributed by atoms with Crippen molar-refractivity contribution in [3.63, 3.8) is 0 Å². The summed E-state index contributed by atoms with van der Waals surface area (Å²) in [7, 11) is 0. The highest BCUT2D eigenvalue weighted by molar-refractivity contribution is 6.30. The van der Waals surface area contributed by atoms with Crippen LogP contribution in [0.5, 0.6) is 0 Å². The van der Waals surface area contributed by atoms with E-state index >= 15 is 0 Å². The van der Waals surface area contributed by atoms with Gasteiger partial charge in [0, 0.05) is 5.02 Å². The second kappa shape index (κ2) is 4.50. The second-order valence-corrected chi connectivity index (χ2v) is 2.70. The fourth-order valence-electron chi connectivity index (χ4n) is 0.772. The molecule has 0 amide bonds. The van der Waals surface area contributed by atoms with Crippen molar-refractivity contribution in [2.24, 2.45) is 0 Å². The number of rotatable bonds is 0. The summed E-state index contributed by atoms with van der Waals surface area (Å²) in [6.07, 6.45) is 0.0892. The molecule has 64 valence electrons. The SMILES string of the molecule is N#CCC#Cc1cc(Cl)ccc1F. The summed E-state index contributed by atoms with van der Waals surface area (Å²) in [4.78, 5) is 0. The number of nitrogens with zero attached hydrogens (tertiary/aromatic N) is 1. The van der Waals surface area contributed by atoms with Gasteiger partial charge < -0.3 is 0 Å². The molecular formula is C10H5ClFN. The summed E-state index contributed by atoms with van der Waals surface area (Å²) < 4.78 is 13.0. The van der Waals surface area contributed by atoms with Crippen LogP contribution in [0.1, 0.15) is 12.0 Å². The number of hydrogen-bond donors (Lipinski definition) is 0. The van der Waals surface area contributed by atoms with Crippen LogP contribution in [-0.2, 0) is 0 Å². The van der Waals surface area contributed by atoms with E-state index in [1.165, 1.54) is 18.2 Å². The van der Waals surface area contributed by atoms with Crippen molar-refractivity contribution in [1.29, 1.82) is 5.26 Å². The number of hydrogen-bond acceptors (Lipinski definition) is 1. The molecule has 0 atom stereocenters. The molecule has 0 spiro atoms. The van der Waals surface area contributed by atoms with Crippen molar-refractivity contribution in [2.75, 3.05) is 0 Å². The van der Waals surface area contributed by atoms with Gasteiger partial charge in [0.15, 0.2) is 0 Å². The molecule has 0 aliphatic heterocycles. The molecule has 0 aromatic heterocycles. The number of benzene rings is 1. The Kier molecular flexibility index (Phi) is 3.31. The Morgan fingerprint density at radius 1 is 1.46 bits per heavy atom. The Bertz CT molecular complexity index is 409. The molecule has 1 aromatic rings. The maximum Gasteiger partial charge on any atom is 0.138 e. The molecule has 1 nitrogen and oxygen atoms in total. The first kappa shape index (κ1) is 9.58. The number of halogens is 2. The maximum atomic E-state index is 13.0. The molecule has 0 radical (unpaired) electrons. The van der Waals surface area contributed by atoms with Gasteiger partial charge in [-0.05, 0) is 18.2 Å². The van der Waals surface area contributed by atoms with Crippen LogP contribution in [0.25, 0.3) is 0 Å².